The minimum Gasteiger partial charge on any atom is -0.324 e. The van der Waals surface area contributed by atoms with Gasteiger partial charge in [-0.05, 0) is 18.4 Å². The number of hydrogen-bond donors (Lipinski definition) is 2. The van der Waals surface area contributed by atoms with Gasteiger partial charge in [-0.15, -0.1) is 12.4 Å². The van der Waals surface area contributed by atoms with E-state index in [4.69, 9.17) is 5.73 Å². The first kappa shape index (κ1) is 21.3. The highest BCUT2D eigenvalue weighted by molar-refractivity contribution is 7.87. The van der Waals surface area contributed by atoms with Crippen molar-refractivity contribution >= 4 is 22.6 Å². The third-order valence-corrected chi connectivity index (χ3v) is 5.49. The van der Waals surface area contributed by atoms with Gasteiger partial charge in [0, 0.05) is 25.2 Å². The first-order valence-corrected chi connectivity index (χ1v) is 8.88. The molecule has 0 amide bonds. The van der Waals surface area contributed by atoms with Crippen LogP contribution in [0.4, 0.5) is 0 Å². The van der Waals surface area contributed by atoms with Crippen LogP contribution in [0.25, 0.3) is 0 Å². The van der Waals surface area contributed by atoms with Crippen molar-refractivity contribution in [3.63, 3.8) is 0 Å². The molecule has 0 aliphatic rings. The predicted octanol–water partition coefficient (Wildman–Crippen LogP) is 2.28. The van der Waals surface area contributed by atoms with Gasteiger partial charge in [-0.1, -0.05) is 51.1 Å². The molecule has 0 fully saturated rings. The van der Waals surface area contributed by atoms with E-state index in [9.17, 15) is 8.42 Å². The highest BCUT2D eigenvalue weighted by atomic mass is 35.5. The molecule has 0 aliphatic heterocycles. The molecule has 1 rings (SSSR count). The van der Waals surface area contributed by atoms with Crippen LogP contribution in [0.2, 0.25) is 0 Å². The molecule has 5 nitrogen and oxygen atoms in total. The molecule has 128 valence electrons. The predicted molar refractivity (Wildman–Crippen MR) is 94.2 cm³/mol. The van der Waals surface area contributed by atoms with Gasteiger partial charge in [0.05, 0.1) is 0 Å². The van der Waals surface area contributed by atoms with Crippen LogP contribution >= 0.6 is 12.4 Å². The van der Waals surface area contributed by atoms with Gasteiger partial charge in [-0.25, -0.2) is 4.72 Å². The summed E-state index contributed by atoms with van der Waals surface area (Å²) < 4.78 is 28.9. The highest BCUT2D eigenvalue weighted by Gasteiger charge is 2.26. The van der Waals surface area contributed by atoms with Crippen LogP contribution in [0, 0.1) is 0 Å². The van der Waals surface area contributed by atoms with E-state index in [0.29, 0.717) is 13.1 Å². The fourth-order valence-electron chi connectivity index (χ4n) is 1.98. The Labute approximate surface area is 140 Å². The van der Waals surface area contributed by atoms with Crippen molar-refractivity contribution in [3.05, 3.63) is 35.9 Å². The highest BCUT2D eigenvalue weighted by Crippen LogP contribution is 2.12. The normalized spacial score (nSPS) is 12.2. The van der Waals surface area contributed by atoms with Crippen LogP contribution in [0.3, 0.4) is 0 Å². The summed E-state index contributed by atoms with van der Waals surface area (Å²) in [6, 6.07) is 9.56. The van der Waals surface area contributed by atoms with E-state index in [1.165, 1.54) is 4.31 Å². The molecule has 7 heteroatoms. The maximum atomic E-state index is 12.4. The number of halogens is 1. The molecule has 0 saturated heterocycles. The summed E-state index contributed by atoms with van der Waals surface area (Å²) in [4.78, 5) is 0. The zero-order valence-electron chi connectivity index (χ0n) is 13.6. The molecule has 1 aromatic rings. The van der Waals surface area contributed by atoms with Gasteiger partial charge in [-0.2, -0.15) is 12.7 Å². The lowest BCUT2D eigenvalue weighted by molar-refractivity contribution is 0.372. The van der Waals surface area contributed by atoms with Gasteiger partial charge in [0.25, 0.3) is 10.2 Å². The van der Waals surface area contributed by atoms with Gasteiger partial charge in [-0.3, -0.25) is 0 Å². The fourth-order valence-corrected chi connectivity index (χ4v) is 3.29. The quantitative estimate of drug-likeness (QED) is 0.718. The molecule has 0 bridgehead atoms. The lowest BCUT2D eigenvalue weighted by Gasteiger charge is -2.29. The van der Waals surface area contributed by atoms with Crippen LogP contribution in [-0.4, -0.2) is 31.4 Å². The Morgan fingerprint density at radius 3 is 2.14 bits per heavy atom. The SMILES string of the molecule is CCN(Cc1ccccc1)S(=O)(=O)NCC(N)(CC)CC.Cl. The second-order valence-corrected chi connectivity index (χ2v) is 7.06. The number of hydrogen-bond acceptors (Lipinski definition) is 3. The van der Waals surface area contributed by atoms with Gasteiger partial charge in [0.15, 0.2) is 0 Å². The zero-order valence-corrected chi connectivity index (χ0v) is 15.2. The maximum absolute atomic E-state index is 12.4. The summed E-state index contributed by atoms with van der Waals surface area (Å²) in [6.45, 7) is 6.81. The molecule has 3 N–H and O–H groups in total. The molecule has 0 aliphatic carbocycles. The van der Waals surface area contributed by atoms with Crippen molar-refractivity contribution < 1.29 is 8.42 Å². The maximum Gasteiger partial charge on any atom is 0.279 e. The molecule has 1 aromatic carbocycles. The minimum absolute atomic E-state index is 0. The van der Waals surface area contributed by atoms with Crippen molar-refractivity contribution in [2.75, 3.05) is 13.1 Å². The summed E-state index contributed by atoms with van der Waals surface area (Å²) in [6.07, 6.45) is 1.47. The van der Waals surface area contributed by atoms with Gasteiger partial charge >= 0.3 is 0 Å². The largest absolute Gasteiger partial charge is 0.324 e. The van der Waals surface area contributed by atoms with Gasteiger partial charge in [0.1, 0.15) is 0 Å². The molecule has 0 saturated carbocycles. The Balaban J connectivity index is 0.00000441. The third-order valence-electron chi connectivity index (χ3n) is 3.91. The number of nitrogens with two attached hydrogens (primary N) is 1. The lowest BCUT2D eigenvalue weighted by atomic mass is 9.95. The summed E-state index contributed by atoms with van der Waals surface area (Å²) in [5.41, 5.74) is 6.63. The Kier molecular flexibility index (Phi) is 9.19. The van der Waals surface area contributed by atoms with Crippen LogP contribution < -0.4 is 10.5 Å². The standard InChI is InChI=1S/C15H27N3O2S.ClH/c1-4-15(16,5-2)13-17-21(19,20)18(6-3)12-14-10-8-7-9-11-14;/h7-11,17H,4-6,12-13,16H2,1-3H3;1H. The number of benzene rings is 1. The average molecular weight is 350 g/mol. The van der Waals surface area contributed by atoms with Gasteiger partial charge < -0.3 is 5.73 Å². The smallest absolute Gasteiger partial charge is 0.279 e. The Morgan fingerprint density at radius 2 is 1.68 bits per heavy atom. The van der Waals surface area contributed by atoms with Crippen molar-refractivity contribution in [1.82, 2.24) is 9.03 Å². The van der Waals surface area contributed by atoms with E-state index in [1.807, 2.05) is 51.1 Å². The summed E-state index contributed by atoms with van der Waals surface area (Å²) >= 11 is 0. The van der Waals surface area contributed by atoms with E-state index in [0.717, 1.165) is 18.4 Å². The second kappa shape index (κ2) is 9.47. The number of nitrogens with one attached hydrogen (secondary N) is 1. The first-order chi connectivity index (χ1) is 9.87. The molecule has 0 spiro atoms. The number of nitrogens with zero attached hydrogens (tertiary/aromatic N) is 1. The van der Waals surface area contributed by atoms with Crippen LogP contribution in [0.5, 0.6) is 0 Å². The Hall–Kier alpha value is -0.660. The molecule has 0 radical (unpaired) electrons. The second-order valence-electron chi connectivity index (χ2n) is 5.31. The van der Waals surface area contributed by atoms with Crippen molar-refractivity contribution in [2.45, 2.75) is 45.7 Å². The van der Waals surface area contributed by atoms with Crippen molar-refractivity contribution in [2.24, 2.45) is 5.73 Å². The van der Waals surface area contributed by atoms with E-state index < -0.39 is 15.7 Å². The van der Waals surface area contributed by atoms with E-state index in [-0.39, 0.29) is 19.0 Å². The van der Waals surface area contributed by atoms with E-state index in [1.54, 1.807) is 0 Å². The average Bonchev–Trinajstić information content (AvgIpc) is 2.51. The summed E-state index contributed by atoms with van der Waals surface area (Å²) in [5.74, 6) is 0. The molecule has 0 unspecified atom stereocenters. The molecule has 0 atom stereocenters. The Morgan fingerprint density at radius 1 is 1.14 bits per heavy atom. The van der Waals surface area contributed by atoms with E-state index in [2.05, 4.69) is 4.72 Å². The van der Waals surface area contributed by atoms with E-state index >= 15 is 0 Å². The summed E-state index contributed by atoms with van der Waals surface area (Å²) in [7, 11) is -3.52. The molecule has 0 aromatic heterocycles. The monoisotopic (exact) mass is 349 g/mol. The van der Waals surface area contributed by atoms with Crippen LogP contribution in [-0.2, 0) is 16.8 Å². The number of rotatable bonds is 9. The first-order valence-electron chi connectivity index (χ1n) is 7.44. The fraction of sp³-hybridized carbons (Fsp3) is 0.600. The summed E-state index contributed by atoms with van der Waals surface area (Å²) in [5, 5.41) is 0. The third kappa shape index (κ3) is 6.22. The minimum atomic E-state index is -3.52. The molecular formula is C15H28ClN3O2S. The van der Waals surface area contributed by atoms with Gasteiger partial charge in [0.2, 0.25) is 0 Å². The van der Waals surface area contributed by atoms with Crippen molar-refractivity contribution in [1.29, 1.82) is 0 Å². The Bertz CT molecular complexity index is 519. The molecular weight excluding hydrogens is 322 g/mol. The van der Waals surface area contributed by atoms with Crippen molar-refractivity contribution in [3.8, 4) is 0 Å². The topological polar surface area (TPSA) is 75.4 Å². The molecule has 22 heavy (non-hydrogen) atoms. The van der Waals surface area contributed by atoms with Crippen LogP contribution in [0.15, 0.2) is 30.3 Å². The molecule has 0 heterocycles. The lowest BCUT2D eigenvalue weighted by Crippen LogP contribution is -2.52. The zero-order chi connectivity index (χ0) is 15.9. The van der Waals surface area contributed by atoms with Crippen LogP contribution in [0.1, 0.15) is 39.2 Å².